The van der Waals surface area contributed by atoms with Gasteiger partial charge in [0.1, 0.15) is 0 Å². The van der Waals surface area contributed by atoms with Gasteiger partial charge in [0, 0.05) is 12.2 Å². The van der Waals surface area contributed by atoms with Gasteiger partial charge >= 0.3 is 0 Å². The number of hydrogen-bond acceptors (Lipinski definition) is 2. The first kappa shape index (κ1) is 16.2. The Labute approximate surface area is 132 Å². The first-order chi connectivity index (χ1) is 10.3. The van der Waals surface area contributed by atoms with Crippen LogP contribution in [0.15, 0.2) is 36.5 Å². The average Bonchev–Trinajstić information content (AvgIpc) is 2.85. The van der Waals surface area contributed by atoms with Gasteiger partial charge in [-0.2, -0.15) is 5.10 Å². The van der Waals surface area contributed by atoms with E-state index in [-0.39, 0.29) is 11.2 Å². The van der Waals surface area contributed by atoms with Crippen LogP contribution < -0.4 is 0 Å². The first-order valence-electron chi connectivity index (χ1n) is 7.68. The van der Waals surface area contributed by atoms with E-state index in [9.17, 15) is 4.79 Å². The zero-order valence-corrected chi connectivity index (χ0v) is 14.1. The van der Waals surface area contributed by atoms with Crippen LogP contribution in [0.2, 0.25) is 0 Å². The number of hydrogen-bond donors (Lipinski definition) is 0. The van der Waals surface area contributed by atoms with Crippen molar-refractivity contribution in [3.63, 3.8) is 0 Å². The normalized spacial score (nSPS) is 12.0. The molecule has 0 atom stereocenters. The van der Waals surface area contributed by atoms with E-state index in [2.05, 4.69) is 38.0 Å². The van der Waals surface area contributed by atoms with Gasteiger partial charge in [-0.15, -0.1) is 0 Å². The second-order valence-electron chi connectivity index (χ2n) is 6.53. The largest absolute Gasteiger partial charge is 0.289 e. The molecule has 0 aliphatic heterocycles. The Bertz CT molecular complexity index is 685. The molecule has 0 N–H and O–H groups in total. The average molecular weight is 296 g/mol. The third-order valence-corrected chi connectivity index (χ3v) is 3.87. The molecule has 0 aliphatic carbocycles. The third kappa shape index (κ3) is 3.53. The molecule has 0 radical (unpaired) electrons. The van der Waals surface area contributed by atoms with Crippen molar-refractivity contribution in [2.45, 2.75) is 46.6 Å². The summed E-state index contributed by atoms with van der Waals surface area (Å²) >= 11 is 0. The summed E-state index contributed by atoms with van der Waals surface area (Å²) in [6.07, 6.45) is 5.13. The number of aryl methyl sites for hydroxylation is 1. The van der Waals surface area contributed by atoms with Crippen LogP contribution in [0.5, 0.6) is 0 Å². The number of aromatic nitrogens is 2. The minimum Gasteiger partial charge on any atom is -0.289 e. The molecule has 0 unspecified atom stereocenters. The van der Waals surface area contributed by atoms with E-state index in [0.29, 0.717) is 5.56 Å². The summed E-state index contributed by atoms with van der Waals surface area (Å²) in [5.41, 5.74) is 4.05. The molecule has 1 aromatic heterocycles. The molecule has 1 heterocycles. The third-order valence-electron chi connectivity index (χ3n) is 3.87. The van der Waals surface area contributed by atoms with Gasteiger partial charge in [0.2, 0.25) is 0 Å². The van der Waals surface area contributed by atoms with E-state index >= 15 is 0 Å². The molecule has 1 aromatic carbocycles. The van der Waals surface area contributed by atoms with Crippen LogP contribution in [-0.4, -0.2) is 15.6 Å². The van der Waals surface area contributed by atoms with Gasteiger partial charge in [0.15, 0.2) is 5.78 Å². The SMILES string of the molecule is CCn1ncc(C(=O)/C=C/c2ccc(C(C)(C)C)cc2)c1C. The molecule has 0 aliphatic rings. The lowest BCUT2D eigenvalue weighted by molar-refractivity contribution is 0.104. The highest BCUT2D eigenvalue weighted by molar-refractivity contribution is 6.07. The fraction of sp³-hybridized carbons (Fsp3) is 0.368. The quantitative estimate of drug-likeness (QED) is 0.619. The Morgan fingerprint density at radius 3 is 2.36 bits per heavy atom. The van der Waals surface area contributed by atoms with Crippen LogP contribution >= 0.6 is 0 Å². The molecule has 0 bridgehead atoms. The zero-order chi connectivity index (χ0) is 16.3. The van der Waals surface area contributed by atoms with Crippen LogP contribution in [0.4, 0.5) is 0 Å². The lowest BCUT2D eigenvalue weighted by atomic mass is 9.87. The first-order valence-corrected chi connectivity index (χ1v) is 7.68. The molecule has 2 aromatic rings. The topological polar surface area (TPSA) is 34.9 Å². The van der Waals surface area contributed by atoms with Crippen molar-refractivity contribution in [3.05, 3.63) is 58.9 Å². The second kappa shape index (κ2) is 6.30. The van der Waals surface area contributed by atoms with Gasteiger partial charge in [-0.05, 0) is 36.5 Å². The number of nitrogens with zero attached hydrogens (tertiary/aromatic N) is 2. The van der Waals surface area contributed by atoms with E-state index in [0.717, 1.165) is 17.8 Å². The van der Waals surface area contributed by atoms with Crippen molar-refractivity contribution >= 4 is 11.9 Å². The molecule has 0 spiro atoms. The summed E-state index contributed by atoms with van der Waals surface area (Å²) in [6.45, 7) is 11.3. The monoisotopic (exact) mass is 296 g/mol. The molecule has 0 saturated carbocycles. The number of carbonyl (C=O) groups excluding carboxylic acids is 1. The minimum absolute atomic E-state index is 0.00269. The van der Waals surface area contributed by atoms with Gasteiger partial charge in [0.05, 0.1) is 11.8 Å². The van der Waals surface area contributed by atoms with Gasteiger partial charge in [-0.3, -0.25) is 9.48 Å². The molecule has 3 nitrogen and oxygen atoms in total. The summed E-state index contributed by atoms with van der Waals surface area (Å²) in [4.78, 5) is 12.3. The summed E-state index contributed by atoms with van der Waals surface area (Å²) in [5.74, 6) is -0.00269. The molecule has 116 valence electrons. The van der Waals surface area contributed by atoms with Gasteiger partial charge in [-0.1, -0.05) is 51.1 Å². The molecular weight excluding hydrogens is 272 g/mol. The van der Waals surface area contributed by atoms with Crippen LogP contribution in [0.1, 0.15) is 54.9 Å². The Morgan fingerprint density at radius 1 is 1.23 bits per heavy atom. The zero-order valence-electron chi connectivity index (χ0n) is 14.1. The minimum atomic E-state index is -0.00269. The maximum atomic E-state index is 12.3. The molecule has 3 heteroatoms. The lowest BCUT2D eigenvalue weighted by Crippen LogP contribution is -2.10. The molecule has 22 heavy (non-hydrogen) atoms. The summed E-state index contributed by atoms with van der Waals surface area (Å²) < 4.78 is 1.83. The highest BCUT2D eigenvalue weighted by Crippen LogP contribution is 2.22. The van der Waals surface area contributed by atoms with Crippen molar-refractivity contribution in [2.75, 3.05) is 0 Å². The Morgan fingerprint density at radius 2 is 1.86 bits per heavy atom. The van der Waals surface area contributed by atoms with Crippen LogP contribution in [0, 0.1) is 6.92 Å². The Hall–Kier alpha value is -2.16. The summed E-state index contributed by atoms with van der Waals surface area (Å²) in [5, 5.41) is 4.21. The van der Waals surface area contributed by atoms with Crippen molar-refractivity contribution in [3.8, 4) is 0 Å². The standard InChI is InChI=1S/C19H24N2O/c1-6-21-14(2)17(13-20-21)18(22)12-9-15-7-10-16(11-8-15)19(3,4)5/h7-13H,6H2,1-5H3/b12-9+. The van der Waals surface area contributed by atoms with Crippen molar-refractivity contribution in [1.29, 1.82) is 0 Å². The molecule has 0 amide bonds. The van der Waals surface area contributed by atoms with E-state index in [1.165, 1.54) is 5.56 Å². The number of rotatable bonds is 4. The van der Waals surface area contributed by atoms with Crippen molar-refractivity contribution < 1.29 is 4.79 Å². The lowest BCUT2D eigenvalue weighted by Gasteiger charge is -2.18. The molecule has 0 saturated heterocycles. The number of ketones is 1. The van der Waals surface area contributed by atoms with Gasteiger partial charge < -0.3 is 0 Å². The maximum Gasteiger partial charge on any atom is 0.189 e. The number of carbonyl (C=O) groups is 1. The number of benzene rings is 1. The van der Waals surface area contributed by atoms with Gasteiger partial charge in [-0.25, -0.2) is 0 Å². The fourth-order valence-corrected chi connectivity index (χ4v) is 2.36. The van der Waals surface area contributed by atoms with Gasteiger partial charge in [0.25, 0.3) is 0 Å². The van der Waals surface area contributed by atoms with Crippen LogP contribution in [-0.2, 0) is 12.0 Å². The predicted octanol–water partition coefficient (Wildman–Crippen LogP) is 4.41. The molecule has 0 fully saturated rings. The van der Waals surface area contributed by atoms with E-state index < -0.39 is 0 Å². The van der Waals surface area contributed by atoms with E-state index in [1.807, 2.05) is 36.7 Å². The maximum absolute atomic E-state index is 12.3. The van der Waals surface area contributed by atoms with Crippen molar-refractivity contribution in [1.82, 2.24) is 9.78 Å². The van der Waals surface area contributed by atoms with Crippen LogP contribution in [0.3, 0.4) is 0 Å². The van der Waals surface area contributed by atoms with E-state index in [4.69, 9.17) is 0 Å². The summed E-state index contributed by atoms with van der Waals surface area (Å²) in [6, 6.07) is 8.33. The fourth-order valence-electron chi connectivity index (χ4n) is 2.36. The highest BCUT2D eigenvalue weighted by Gasteiger charge is 2.13. The van der Waals surface area contributed by atoms with Crippen LogP contribution in [0.25, 0.3) is 6.08 Å². The predicted molar refractivity (Wildman–Crippen MR) is 91.1 cm³/mol. The summed E-state index contributed by atoms with van der Waals surface area (Å²) in [7, 11) is 0. The molecular formula is C19H24N2O. The highest BCUT2D eigenvalue weighted by atomic mass is 16.1. The smallest absolute Gasteiger partial charge is 0.189 e. The Kier molecular flexibility index (Phi) is 4.65. The molecule has 2 rings (SSSR count). The Balaban J connectivity index is 2.14. The number of allylic oxidation sites excluding steroid dienone is 1. The second-order valence-corrected chi connectivity index (χ2v) is 6.53. The van der Waals surface area contributed by atoms with Crippen molar-refractivity contribution in [2.24, 2.45) is 0 Å². The van der Waals surface area contributed by atoms with E-state index in [1.54, 1.807) is 12.3 Å².